The van der Waals surface area contributed by atoms with Gasteiger partial charge in [-0.05, 0) is 5.56 Å². The maximum absolute atomic E-state index is 12.1. The average Bonchev–Trinajstić information content (AvgIpc) is 2.79. The highest BCUT2D eigenvalue weighted by molar-refractivity contribution is 7.86. The molecule has 0 radical (unpaired) electrons. The Balaban J connectivity index is 1.60. The molecule has 33 heavy (non-hydrogen) atoms. The normalized spacial score (nSPS) is 29.8. The summed E-state index contributed by atoms with van der Waals surface area (Å²) in [5.74, 6) is -0.385. The first-order valence-corrected chi connectivity index (χ1v) is 12.4. The zero-order valence-corrected chi connectivity index (χ0v) is 19.1. The summed E-state index contributed by atoms with van der Waals surface area (Å²) in [6.07, 6.45) is -3.34. The van der Waals surface area contributed by atoms with Crippen molar-refractivity contribution in [3.63, 3.8) is 0 Å². The first-order valence-electron chi connectivity index (χ1n) is 10.6. The summed E-state index contributed by atoms with van der Waals surface area (Å²) >= 11 is 0. The third-order valence-electron chi connectivity index (χ3n) is 5.32. The van der Waals surface area contributed by atoms with E-state index in [1.165, 1.54) is 6.92 Å². The molecule has 2 aromatic rings. The number of fused-ring (bicyclic) bond motifs is 1. The SMILES string of the molecule is CC(=O)N[C@@H]1[C@@H](OCc2ccccc2)O[C@H]2CO[C@H](c3ccccc3)O[C@@H]2[C@H]1OS(C)(=O)=O. The van der Waals surface area contributed by atoms with Crippen LogP contribution < -0.4 is 5.32 Å². The summed E-state index contributed by atoms with van der Waals surface area (Å²) in [6.45, 7) is 1.65. The zero-order chi connectivity index (χ0) is 23.4. The first-order chi connectivity index (χ1) is 15.8. The Hall–Kier alpha value is -2.34. The van der Waals surface area contributed by atoms with E-state index >= 15 is 0 Å². The third kappa shape index (κ3) is 6.17. The van der Waals surface area contributed by atoms with Gasteiger partial charge in [-0.1, -0.05) is 60.7 Å². The van der Waals surface area contributed by atoms with Crippen molar-refractivity contribution in [2.45, 2.75) is 50.5 Å². The van der Waals surface area contributed by atoms with Gasteiger partial charge in [0, 0.05) is 12.5 Å². The number of carbonyl (C=O) groups is 1. The third-order valence-corrected chi connectivity index (χ3v) is 5.90. The molecule has 0 saturated carbocycles. The van der Waals surface area contributed by atoms with Gasteiger partial charge in [-0.25, -0.2) is 0 Å². The smallest absolute Gasteiger partial charge is 0.264 e. The Bertz CT molecular complexity index is 1030. The van der Waals surface area contributed by atoms with Gasteiger partial charge in [-0.3, -0.25) is 8.98 Å². The van der Waals surface area contributed by atoms with E-state index in [4.69, 9.17) is 23.1 Å². The summed E-state index contributed by atoms with van der Waals surface area (Å²) in [7, 11) is -3.90. The molecule has 9 nitrogen and oxygen atoms in total. The second-order valence-electron chi connectivity index (χ2n) is 8.01. The molecule has 2 heterocycles. The van der Waals surface area contributed by atoms with Crippen molar-refractivity contribution in [1.29, 1.82) is 0 Å². The minimum absolute atomic E-state index is 0.131. The van der Waals surface area contributed by atoms with Crippen LogP contribution in [0.25, 0.3) is 0 Å². The minimum atomic E-state index is -3.90. The van der Waals surface area contributed by atoms with Gasteiger partial charge in [-0.2, -0.15) is 8.42 Å². The maximum Gasteiger partial charge on any atom is 0.264 e. The maximum atomic E-state index is 12.1. The van der Waals surface area contributed by atoms with Crippen LogP contribution in [0.3, 0.4) is 0 Å². The monoisotopic (exact) mass is 477 g/mol. The van der Waals surface area contributed by atoms with Crippen LogP contribution in [0.1, 0.15) is 24.3 Å². The van der Waals surface area contributed by atoms with Gasteiger partial charge in [0.05, 0.1) is 19.5 Å². The quantitative estimate of drug-likeness (QED) is 0.602. The van der Waals surface area contributed by atoms with Gasteiger partial charge < -0.3 is 24.3 Å². The highest BCUT2D eigenvalue weighted by atomic mass is 32.2. The van der Waals surface area contributed by atoms with Crippen LogP contribution in [0.15, 0.2) is 60.7 Å². The molecule has 2 fully saturated rings. The number of ether oxygens (including phenoxy) is 4. The van der Waals surface area contributed by atoms with E-state index in [1.54, 1.807) is 0 Å². The van der Waals surface area contributed by atoms with Gasteiger partial charge >= 0.3 is 0 Å². The van der Waals surface area contributed by atoms with E-state index in [-0.39, 0.29) is 19.1 Å². The van der Waals surface area contributed by atoms with E-state index in [2.05, 4.69) is 5.32 Å². The van der Waals surface area contributed by atoms with Crippen LogP contribution in [-0.4, -0.2) is 57.8 Å². The van der Waals surface area contributed by atoms with Crippen LogP contribution >= 0.6 is 0 Å². The van der Waals surface area contributed by atoms with Gasteiger partial charge in [-0.15, -0.1) is 0 Å². The van der Waals surface area contributed by atoms with Crippen LogP contribution in [0.4, 0.5) is 0 Å². The van der Waals surface area contributed by atoms with Crippen molar-refractivity contribution in [2.24, 2.45) is 0 Å². The number of rotatable bonds is 7. The molecule has 0 bridgehead atoms. The predicted molar refractivity (Wildman–Crippen MR) is 117 cm³/mol. The highest BCUT2D eigenvalue weighted by Crippen LogP contribution is 2.36. The highest BCUT2D eigenvalue weighted by Gasteiger charge is 2.52. The molecule has 4 rings (SSSR count). The molecular weight excluding hydrogens is 450 g/mol. The largest absolute Gasteiger partial charge is 0.346 e. The number of carbonyl (C=O) groups excluding carboxylic acids is 1. The summed E-state index contributed by atoms with van der Waals surface area (Å²) in [5.41, 5.74) is 1.67. The lowest BCUT2D eigenvalue weighted by Crippen LogP contribution is -2.67. The number of benzene rings is 2. The fraction of sp³-hybridized carbons (Fsp3) is 0.435. The summed E-state index contributed by atoms with van der Waals surface area (Å²) in [6, 6.07) is 17.8. The summed E-state index contributed by atoms with van der Waals surface area (Å²) in [4.78, 5) is 12.0. The number of hydrogen-bond donors (Lipinski definition) is 1. The van der Waals surface area contributed by atoms with Crippen molar-refractivity contribution in [3.05, 3.63) is 71.8 Å². The minimum Gasteiger partial charge on any atom is -0.346 e. The molecule has 178 valence electrons. The molecule has 2 saturated heterocycles. The Morgan fingerprint density at radius 2 is 1.73 bits per heavy atom. The molecule has 0 aromatic heterocycles. The van der Waals surface area contributed by atoms with E-state index in [0.29, 0.717) is 0 Å². The van der Waals surface area contributed by atoms with Gasteiger partial charge in [0.25, 0.3) is 10.1 Å². The zero-order valence-electron chi connectivity index (χ0n) is 18.3. The average molecular weight is 478 g/mol. The molecule has 2 aliphatic rings. The summed E-state index contributed by atoms with van der Waals surface area (Å²) < 4.78 is 53.7. The van der Waals surface area contributed by atoms with Gasteiger partial charge in [0.1, 0.15) is 24.4 Å². The van der Waals surface area contributed by atoms with Crippen LogP contribution in [-0.2, 0) is 44.7 Å². The van der Waals surface area contributed by atoms with Gasteiger partial charge in [0.2, 0.25) is 5.91 Å². The van der Waals surface area contributed by atoms with Crippen LogP contribution in [0.2, 0.25) is 0 Å². The predicted octanol–water partition coefficient (Wildman–Crippen LogP) is 1.89. The molecule has 0 aliphatic carbocycles. The molecule has 2 aromatic carbocycles. The second-order valence-corrected chi connectivity index (χ2v) is 9.61. The Morgan fingerprint density at radius 3 is 2.36 bits per heavy atom. The molecule has 0 unspecified atom stereocenters. The Labute approximate surface area is 193 Å². The van der Waals surface area contributed by atoms with E-state index < -0.39 is 47.1 Å². The molecular formula is C23H27NO8S. The molecule has 6 atom stereocenters. The number of hydrogen-bond acceptors (Lipinski definition) is 8. The number of nitrogens with one attached hydrogen (secondary N) is 1. The Morgan fingerprint density at radius 1 is 1.06 bits per heavy atom. The molecule has 10 heteroatoms. The molecule has 1 N–H and O–H groups in total. The topological polar surface area (TPSA) is 109 Å². The number of amides is 1. The fourth-order valence-corrected chi connectivity index (χ4v) is 4.58. The fourth-order valence-electron chi connectivity index (χ4n) is 3.95. The van der Waals surface area contributed by atoms with E-state index in [0.717, 1.165) is 17.4 Å². The lowest BCUT2D eigenvalue weighted by molar-refractivity contribution is -0.342. The van der Waals surface area contributed by atoms with Crippen LogP contribution in [0, 0.1) is 0 Å². The van der Waals surface area contributed by atoms with Crippen molar-refractivity contribution in [3.8, 4) is 0 Å². The molecule has 2 aliphatic heterocycles. The lowest BCUT2D eigenvalue weighted by Gasteiger charge is -2.48. The Kier molecular flexibility index (Phi) is 7.42. The van der Waals surface area contributed by atoms with Crippen molar-refractivity contribution >= 4 is 16.0 Å². The molecule has 1 amide bonds. The standard InChI is InChI=1S/C23H27NO8S/c1-15(25)24-19-21(32-33(2,26)27)20-18(14-29-22(31-20)17-11-7-4-8-12-17)30-23(19)28-13-16-9-5-3-6-10-16/h3-12,18-23H,13-14H2,1-2H3,(H,24,25)/t18-,19-,20-,21-,22-,23-/m0/s1. The van der Waals surface area contributed by atoms with E-state index in [1.807, 2.05) is 60.7 Å². The van der Waals surface area contributed by atoms with Crippen molar-refractivity contribution in [2.75, 3.05) is 12.9 Å². The van der Waals surface area contributed by atoms with Crippen LogP contribution in [0.5, 0.6) is 0 Å². The van der Waals surface area contributed by atoms with Gasteiger partial charge in [0.15, 0.2) is 12.6 Å². The van der Waals surface area contributed by atoms with Crippen molar-refractivity contribution in [1.82, 2.24) is 5.32 Å². The van der Waals surface area contributed by atoms with E-state index in [9.17, 15) is 13.2 Å². The van der Waals surface area contributed by atoms with Crippen molar-refractivity contribution < 1.29 is 36.3 Å². The first kappa shape index (κ1) is 23.8. The molecule has 0 spiro atoms. The second kappa shape index (κ2) is 10.3. The lowest BCUT2D eigenvalue weighted by atomic mass is 9.95. The summed E-state index contributed by atoms with van der Waals surface area (Å²) in [5, 5.41) is 2.73.